The first-order valence-electron chi connectivity index (χ1n) is 5.21. The van der Waals surface area contributed by atoms with Gasteiger partial charge in [-0.15, -0.1) is 0 Å². The summed E-state index contributed by atoms with van der Waals surface area (Å²) in [6.45, 7) is 3.52. The van der Waals surface area contributed by atoms with Gasteiger partial charge in [-0.1, -0.05) is 25.6 Å². The molecule has 2 unspecified atom stereocenters. The Kier molecular flexibility index (Phi) is 4.68. The van der Waals surface area contributed by atoms with E-state index in [4.69, 9.17) is 5.84 Å². The molecule has 0 fully saturated rings. The van der Waals surface area contributed by atoms with E-state index >= 15 is 0 Å². The van der Waals surface area contributed by atoms with Crippen LogP contribution < -0.4 is 22.4 Å². The van der Waals surface area contributed by atoms with E-state index in [-0.39, 0.29) is 17.1 Å². The van der Waals surface area contributed by atoms with E-state index < -0.39 is 11.1 Å². The minimum Gasteiger partial charge on any atom is -0.294 e. The maximum atomic E-state index is 11.4. The first-order chi connectivity index (χ1) is 8.36. The zero-order chi connectivity index (χ0) is 13.9. The standard InChI is InChI=1S/C9H15N5O3S/c1-4(6(15)12-10)5(2)18-9-11-7(16)8(17)13-14(9)3/h4-5H,10H2,1-3H3,(H,12,15)(H,13,17). The van der Waals surface area contributed by atoms with Crippen LogP contribution in [0, 0.1) is 5.92 Å². The molecule has 8 nitrogen and oxygen atoms in total. The van der Waals surface area contributed by atoms with Crippen LogP contribution in [0.25, 0.3) is 0 Å². The maximum Gasteiger partial charge on any atom is 0.339 e. The molecule has 0 saturated carbocycles. The number of nitrogens with two attached hydrogens (primary N) is 1. The number of hydrogen-bond acceptors (Lipinski definition) is 6. The van der Waals surface area contributed by atoms with Gasteiger partial charge in [0.25, 0.3) is 0 Å². The Morgan fingerprint density at radius 2 is 2.11 bits per heavy atom. The molecular formula is C9H15N5O3S. The van der Waals surface area contributed by atoms with Gasteiger partial charge in [-0.05, 0) is 0 Å². The van der Waals surface area contributed by atoms with E-state index in [1.54, 1.807) is 14.0 Å². The maximum absolute atomic E-state index is 11.4. The third-order valence-electron chi connectivity index (χ3n) is 2.50. The van der Waals surface area contributed by atoms with Crippen molar-refractivity contribution in [3.8, 4) is 0 Å². The van der Waals surface area contributed by atoms with Crippen molar-refractivity contribution in [2.45, 2.75) is 24.3 Å². The Bertz CT molecular complexity index is 552. The van der Waals surface area contributed by atoms with Crippen molar-refractivity contribution in [2.75, 3.05) is 0 Å². The highest BCUT2D eigenvalue weighted by molar-refractivity contribution is 7.99. The second-order valence-corrected chi connectivity index (χ2v) is 5.16. The van der Waals surface area contributed by atoms with E-state index in [0.29, 0.717) is 5.16 Å². The summed E-state index contributed by atoms with van der Waals surface area (Å²) in [5.41, 5.74) is 0.443. The Hall–Kier alpha value is -1.61. The highest BCUT2D eigenvalue weighted by Crippen LogP contribution is 2.24. The Morgan fingerprint density at radius 1 is 1.50 bits per heavy atom. The third kappa shape index (κ3) is 3.20. The lowest BCUT2D eigenvalue weighted by atomic mass is 10.1. The number of carbonyl (C=O) groups is 1. The van der Waals surface area contributed by atoms with Crippen LogP contribution >= 0.6 is 11.8 Å². The van der Waals surface area contributed by atoms with Crippen molar-refractivity contribution in [1.29, 1.82) is 0 Å². The number of nitrogens with one attached hydrogen (secondary N) is 2. The summed E-state index contributed by atoms with van der Waals surface area (Å²) in [6.07, 6.45) is 0. The molecule has 18 heavy (non-hydrogen) atoms. The zero-order valence-electron chi connectivity index (χ0n) is 10.3. The molecule has 0 aliphatic heterocycles. The van der Waals surface area contributed by atoms with Gasteiger partial charge in [0, 0.05) is 18.2 Å². The van der Waals surface area contributed by atoms with Crippen LogP contribution in [0.1, 0.15) is 13.8 Å². The topological polar surface area (TPSA) is 123 Å². The molecule has 100 valence electrons. The quantitative estimate of drug-likeness (QED) is 0.203. The molecule has 2 atom stereocenters. The molecule has 1 aromatic heterocycles. The van der Waals surface area contributed by atoms with Crippen molar-refractivity contribution < 1.29 is 4.79 Å². The van der Waals surface area contributed by atoms with Crippen LogP contribution in [0.3, 0.4) is 0 Å². The Labute approximate surface area is 107 Å². The van der Waals surface area contributed by atoms with Gasteiger partial charge in [-0.3, -0.25) is 29.6 Å². The summed E-state index contributed by atoms with van der Waals surface area (Å²) in [7, 11) is 1.57. The first-order valence-corrected chi connectivity index (χ1v) is 6.09. The van der Waals surface area contributed by atoms with Crippen molar-refractivity contribution in [3.63, 3.8) is 0 Å². The summed E-state index contributed by atoms with van der Waals surface area (Å²) in [4.78, 5) is 37.2. The number of aromatic amines is 1. The van der Waals surface area contributed by atoms with Gasteiger partial charge in [-0.2, -0.15) is 4.98 Å². The van der Waals surface area contributed by atoms with Crippen LogP contribution in [-0.4, -0.2) is 25.9 Å². The number of aryl methyl sites for hydroxylation is 1. The summed E-state index contributed by atoms with van der Waals surface area (Å²) in [6, 6.07) is 0. The summed E-state index contributed by atoms with van der Waals surface area (Å²) >= 11 is 1.21. The van der Waals surface area contributed by atoms with Gasteiger partial charge in [0.2, 0.25) is 5.91 Å². The second kappa shape index (κ2) is 5.83. The molecule has 4 N–H and O–H groups in total. The predicted molar refractivity (Wildman–Crippen MR) is 66.9 cm³/mol. The minimum absolute atomic E-state index is 0.155. The third-order valence-corrected chi connectivity index (χ3v) is 3.85. The summed E-state index contributed by atoms with van der Waals surface area (Å²) in [5, 5.41) is 2.52. The lowest BCUT2D eigenvalue weighted by molar-refractivity contribution is -0.124. The molecule has 0 spiro atoms. The molecule has 1 aromatic rings. The average molecular weight is 273 g/mol. The normalized spacial score (nSPS) is 14.0. The Balaban J connectivity index is 2.92. The molecule has 9 heteroatoms. The number of rotatable bonds is 4. The molecule has 0 aliphatic rings. The Morgan fingerprint density at radius 3 is 2.67 bits per heavy atom. The number of carbonyl (C=O) groups excluding carboxylic acids is 1. The van der Waals surface area contributed by atoms with Crippen LogP contribution in [0.4, 0.5) is 0 Å². The lowest BCUT2D eigenvalue weighted by Gasteiger charge is -2.17. The average Bonchev–Trinajstić information content (AvgIpc) is 2.33. The lowest BCUT2D eigenvalue weighted by Crippen LogP contribution is -2.38. The van der Waals surface area contributed by atoms with Gasteiger partial charge in [0.1, 0.15) is 0 Å². The molecule has 1 rings (SSSR count). The fraction of sp³-hybridized carbons (Fsp3) is 0.556. The zero-order valence-corrected chi connectivity index (χ0v) is 11.1. The van der Waals surface area contributed by atoms with E-state index in [9.17, 15) is 14.4 Å². The number of aromatic nitrogens is 3. The van der Waals surface area contributed by atoms with Gasteiger partial charge in [0.15, 0.2) is 5.16 Å². The molecule has 0 radical (unpaired) electrons. The van der Waals surface area contributed by atoms with E-state index in [2.05, 4.69) is 15.5 Å². The van der Waals surface area contributed by atoms with Crippen molar-refractivity contribution in [3.05, 3.63) is 20.7 Å². The molecule has 0 bridgehead atoms. The molecular weight excluding hydrogens is 258 g/mol. The number of hydrazine groups is 1. The highest BCUT2D eigenvalue weighted by atomic mass is 32.2. The fourth-order valence-corrected chi connectivity index (χ4v) is 2.18. The monoisotopic (exact) mass is 273 g/mol. The minimum atomic E-state index is -0.848. The fourth-order valence-electron chi connectivity index (χ4n) is 1.18. The second-order valence-electron chi connectivity index (χ2n) is 3.82. The van der Waals surface area contributed by atoms with E-state index in [0.717, 1.165) is 0 Å². The van der Waals surface area contributed by atoms with E-state index in [1.165, 1.54) is 16.4 Å². The number of amides is 1. The van der Waals surface area contributed by atoms with E-state index in [1.807, 2.05) is 6.92 Å². The summed E-state index contributed by atoms with van der Waals surface area (Å²) < 4.78 is 1.35. The van der Waals surface area contributed by atoms with Crippen molar-refractivity contribution >= 4 is 17.7 Å². The predicted octanol–water partition coefficient (Wildman–Crippen LogP) is -1.42. The van der Waals surface area contributed by atoms with Crippen LogP contribution in [0.5, 0.6) is 0 Å². The van der Waals surface area contributed by atoms with Gasteiger partial charge >= 0.3 is 11.1 Å². The van der Waals surface area contributed by atoms with Crippen LogP contribution in [-0.2, 0) is 11.8 Å². The smallest absolute Gasteiger partial charge is 0.294 e. The SMILES string of the molecule is CC(Sc1nc(=O)c(=O)[nH]n1C)C(C)C(=O)NN. The van der Waals surface area contributed by atoms with Crippen LogP contribution in [0.2, 0.25) is 0 Å². The van der Waals surface area contributed by atoms with Gasteiger partial charge in [0.05, 0.1) is 0 Å². The van der Waals surface area contributed by atoms with Gasteiger partial charge < -0.3 is 0 Å². The van der Waals surface area contributed by atoms with Crippen molar-refractivity contribution in [1.82, 2.24) is 20.2 Å². The summed E-state index contributed by atoms with van der Waals surface area (Å²) in [5.74, 6) is 4.39. The number of hydrogen-bond donors (Lipinski definition) is 3. The van der Waals surface area contributed by atoms with Crippen molar-refractivity contribution in [2.24, 2.45) is 18.8 Å². The van der Waals surface area contributed by atoms with Crippen LogP contribution in [0.15, 0.2) is 14.7 Å². The molecule has 1 amide bonds. The number of H-pyrrole nitrogens is 1. The molecule has 0 aromatic carbocycles. The number of nitrogens with zero attached hydrogens (tertiary/aromatic N) is 2. The van der Waals surface area contributed by atoms with Gasteiger partial charge in [-0.25, -0.2) is 5.84 Å². The first kappa shape index (κ1) is 14.5. The highest BCUT2D eigenvalue weighted by Gasteiger charge is 2.22. The molecule has 0 aliphatic carbocycles. The largest absolute Gasteiger partial charge is 0.339 e. The molecule has 1 heterocycles. The number of thioether (sulfide) groups is 1. The molecule has 0 saturated heterocycles.